The van der Waals surface area contributed by atoms with Crippen LogP contribution in [0.5, 0.6) is 0 Å². The molecule has 30 heavy (non-hydrogen) atoms. The van der Waals surface area contributed by atoms with Gasteiger partial charge < -0.3 is 10.3 Å². The van der Waals surface area contributed by atoms with Gasteiger partial charge in [0.25, 0.3) is 0 Å². The molecule has 1 N–H and O–H groups in total. The monoisotopic (exact) mass is 410 g/mol. The van der Waals surface area contributed by atoms with Crippen LogP contribution in [0.4, 0.5) is 5.69 Å². The summed E-state index contributed by atoms with van der Waals surface area (Å²) in [6, 6.07) is 15.8. The molecule has 2 aromatic rings. The molecule has 1 amide bonds. The summed E-state index contributed by atoms with van der Waals surface area (Å²) in [6.45, 7) is 14.1. The Labute approximate surface area is 182 Å². The minimum Gasteiger partial charge on any atom is -0.312 e. The Bertz CT molecular complexity index is 841. The van der Waals surface area contributed by atoms with Gasteiger partial charge in [0.15, 0.2) is 0 Å². The van der Waals surface area contributed by atoms with E-state index < -0.39 is 0 Å². The van der Waals surface area contributed by atoms with Crippen LogP contribution in [0.2, 0.25) is 0 Å². The van der Waals surface area contributed by atoms with E-state index in [1.165, 1.54) is 0 Å². The van der Waals surface area contributed by atoms with Crippen molar-refractivity contribution in [1.82, 2.24) is 5.43 Å². The van der Waals surface area contributed by atoms with Crippen LogP contribution in [-0.2, 0) is 11.3 Å². The highest BCUT2D eigenvalue weighted by Gasteiger charge is 2.27. The van der Waals surface area contributed by atoms with Gasteiger partial charge in [-0.25, -0.2) is 0 Å². The van der Waals surface area contributed by atoms with Gasteiger partial charge in [-0.05, 0) is 11.6 Å². The molecular formula is C25H38N4O. The lowest BCUT2D eigenvalue weighted by Gasteiger charge is -2.29. The van der Waals surface area contributed by atoms with Crippen molar-refractivity contribution < 1.29 is 4.79 Å². The molecule has 0 saturated heterocycles. The number of benzene rings is 2. The first-order valence-corrected chi connectivity index (χ1v) is 10.8. The predicted octanol–water partition coefficient (Wildman–Crippen LogP) is 5.67. The minimum absolute atomic E-state index is 0.00190. The van der Waals surface area contributed by atoms with Gasteiger partial charge in [0.05, 0.1) is 17.9 Å². The molecule has 0 bridgehead atoms. The molecule has 0 spiro atoms. The molecule has 5 heteroatoms. The second-order valence-electron chi connectivity index (χ2n) is 5.54. The molecule has 1 aliphatic rings. The maximum absolute atomic E-state index is 12.3. The predicted molar refractivity (Wildman–Crippen MR) is 132 cm³/mol. The Kier molecular flexibility index (Phi) is 13.5. The molecule has 5 nitrogen and oxygen atoms in total. The maximum Gasteiger partial charge on any atom is 0.224 e. The lowest BCUT2D eigenvalue weighted by atomic mass is 9.92. The van der Waals surface area contributed by atoms with Crippen LogP contribution in [0.15, 0.2) is 58.6 Å². The van der Waals surface area contributed by atoms with E-state index in [-0.39, 0.29) is 5.91 Å². The molecule has 0 fully saturated rings. The second-order valence-corrected chi connectivity index (χ2v) is 5.54. The summed E-state index contributed by atoms with van der Waals surface area (Å²) in [6.07, 6.45) is 0. The first kappa shape index (κ1) is 27.0. The number of hydrogen-bond acceptors (Lipinski definition) is 4. The molecule has 1 aliphatic heterocycles. The SMILES string of the molecule is CC.CC.CC.CN=C1/C(=N\NC)c2ccccc2N(C(C)=O)Cc2ccccc21. The number of nitrogens with zero attached hydrogens (tertiary/aromatic N) is 3. The number of anilines is 1. The summed E-state index contributed by atoms with van der Waals surface area (Å²) in [7, 11) is 3.53. The highest BCUT2D eigenvalue weighted by Crippen LogP contribution is 2.29. The maximum atomic E-state index is 12.3. The van der Waals surface area contributed by atoms with E-state index in [2.05, 4.69) is 15.5 Å². The fourth-order valence-electron chi connectivity index (χ4n) is 3.04. The summed E-state index contributed by atoms with van der Waals surface area (Å²) in [5, 5.41) is 4.47. The van der Waals surface area contributed by atoms with Crippen molar-refractivity contribution in [3.63, 3.8) is 0 Å². The Hall–Kier alpha value is -2.95. The number of aliphatic imine (C=N–C) groups is 1. The summed E-state index contributed by atoms with van der Waals surface area (Å²) >= 11 is 0. The van der Waals surface area contributed by atoms with E-state index in [9.17, 15) is 4.79 Å². The first-order valence-electron chi connectivity index (χ1n) is 10.8. The molecule has 0 atom stereocenters. The molecule has 0 aromatic heterocycles. The van der Waals surface area contributed by atoms with E-state index in [0.717, 1.165) is 33.8 Å². The fraction of sp³-hybridized carbons (Fsp3) is 0.400. The third-order valence-electron chi connectivity index (χ3n) is 4.10. The zero-order valence-corrected chi connectivity index (χ0v) is 20.1. The van der Waals surface area contributed by atoms with Crippen molar-refractivity contribution in [1.29, 1.82) is 0 Å². The van der Waals surface area contributed by atoms with E-state index >= 15 is 0 Å². The number of hydrazone groups is 1. The number of para-hydroxylation sites is 1. The average molecular weight is 411 g/mol. The van der Waals surface area contributed by atoms with Gasteiger partial charge in [-0.1, -0.05) is 84.0 Å². The Balaban J connectivity index is 0.00000129. The van der Waals surface area contributed by atoms with Gasteiger partial charge in [0.1, 0.15) is 5.71 Å². The molecule has 0 unspecified atom stereocenters. The van der Waals surface area contributed by atoms with Crippen molar-refractivity contribution in [2.45, 2.75) is 55.0 Å². The summed E-state index contributed by atoms with van der Waals surface area (Å²) in [4.78, 5) is 18.6. The molecule has 3 rings (SSSR count). The zero-order valence-electron chi connectivity index (χ0n) is 20.1. The average Bonchev–Trinajstić information content (AvgIpc) is 2.81. The van der Waals surface area contributed by atoms with Crippen LogP contribution in [-0.4, -0.2) is 31.4 Å². The van der Waals surface area contributed by atoms with Crippen molar-refractivity contribution in [2.24, 2.45) is 10.1 Å². The Morgan fingerprint density at radius 2 is 1.40 bits per heavy atom. The highest BCUT2D eigenvalue weighted by molar-refractivity contribution is 6.54. The van der Waals surface area contributed by atoms with Crippen LogP contribution >= 0.6 is 0 Å². The smallest absolute Gasteiger partial charge is 0.224 e. The molecular weight excluding hydrogens is 372 g/mol. The number of carbonyl (C=O) groups excluding carboxylic acids is 1. The molecule has 164 valence electrons. The van der Waals surface area contributed by atoms with Crippen molar-refractivity contribution >= 4 is 23.0 Å². The highest BCUT2D eigenvalue weighted by atomic mass is 16.2. The first-order chi connectivity index (χ1) is 14.7. The molecule has 0 radical (unpaired) electrons. The molecule has 0 aliphatic carbocycles. The summed E-state index contributed by atoms with van der Waals surface area (Å²) in [5.74, 6) is -0.00190. The zero-order chi connectivity index (χ0) is 23.1. The number of rotatable bonds is 1. The number of hydrogen-bond donors (Lipinski definition) is 1. The number of fused-ring (bicyclic) bond motifs is 2. The normalized spacial score (nSPS) is 14.2. The second kappa shape index (κ2) is 15.0. The van der Waals surface area contributed by atoms with Gasteiger partial charge in [-0.15, -0.1) is 0 Å². The van der Waals surface area contributed by atoms with E-state index in [1.807, 2.05) is 90.1 Å². The van der Waals surface area contributed by atoms with E-state index in [1.54, 1.807) is 25.9 Å². The van der Waals surface area contributed by atoms with Crippen LogP contribution in [0.3, 0.4) is 0 Å². The van der Waals surface area contributed by atoms with Crippen LogP contribution in [0.25, 0.3) is 0 Å². The lowest BCUT2D eigenvalue weighted by molar-refractivity contribution is -0.116. The quantitative estimate of drug-likeness (QED) is 0.615. The number of nitrogens with one attached hydrogen (secondary N) is 1. The lowest BCUT2D eigenvalue weighted by Crippen LogP contribution is -2.34. The van der Waals surface area contributed by atoms with Gasteiger partial charge in [-0.3, -0.25) is 9.79 Å². The van der Waals surface area contributed by atoms with Crippen molar-refractivity contribution in [2.75, 3.05) is 19.0 Å². The summed E-state index contributed by atoms with van der Waals surface area (Å²) < 4.78 is 0. The standard InChI is InChI=1S/C19H20N4O.3C2H6/c1-13(24)23-12-14-8-4-5-9-15(14)18(20-2)19(22-21-3)16-10-6-7-11-17(16)23;3*1-2/h4-11,21H,12H2,1-3H3;3*1-2H3/b20-18?,22-19-;;;. The number of carbonyl (C=O) groups is 1. The van der Waals surface area contributed by atoms with Crippen LogP contribution in [0, 0.1) is 0 Å². The minimum atomic E-state index is -0.00190. The topological polar surface area (TPSA) is 57.1 Å². The molecule has 1 heterocycles. The third-order valence-corrected chi connectivity index (χ3v) is 4.10. The summed E-state index contributed by atoms with van der Waals surface area (Å²) in [5.41, 5.74) is 8.19. The van der Waals surface area contributed by atoms with Crippen molar-refractivity contribution in [3.8, 4) is 0 Å². The van der Waals surface area contributed by atoms with E-state index in [4.69, 9.17) is 0 Å². The van der Waals surface area contributed by atoms with E-state index in [0.29, 0.717) is 6.54 Å². The Morgan fingerprint density at radius 3 is 1.93 bits per heavy atom. The molecule has 2 aromatic carbocycles. The van der Waals surface area contributed by atoms with Gasteiger partial charge in [-0.2, -0.15) is 5.10 Å². The molecule has 0 saturated carbocycles. The van der Waals surface area contributed by atoms with Crippen molar-refractivity contribution in [3.05, 3.63) is 65.2 Å². The van der Waals surface area contributed by atoms with Gasteiger partial charge >= 0.3 is 0 Å². The van der Waals surface area contributed by atoms with Gasteiger partial charge in [0.2, 0.25) is 5.91 Å². The largest absolute Gasteiger partial charge is 0.312 e. The Morgan fingerprint density at radius 1 is 0.867 bits per heavy atom. The van der Waals surface area contributed by atoms with Crippen LogP contribution < -0.4 is 10.3 Å². The van der Waals surface area contributed by atoms with Crippen LogP contribution in [0.1, 0.15) is 65.2 Å². The fourth-order valence-corrected chi connectivity index (χ4v) is 3.04. The third kappa shape index (κ3) is 6.28. The number of amides is 1. The van der Waals surface area contributed by atoms with Gasteiger partial charge in [0, 0.05) is 32.1 Å².